The number of nitrogens with zero attached hydrogens (tertiary/aromatic N) is 3. The van der Waals surface area contributed by atoms with Crippen LogP contribution in [-0.4, -0.2) is 84.2 Å². The van der Waals surface area contributed by atoms with Crippen molar-refractivity contribution in [3.8, 4) is 0 Å². The molecule has 0 amide bonds. The number of H-pyrrole nitrogens is 1. The Kier molecular flexibility index (Phi) is 11.2. The fraction of sp³-hybridized carbons (Fsp3) is 0.696. The Morgan fingerprint density at radius 1 is 1.40 bits per heavy atom. The molecule has 1 saturated heterocycles. The molecule has 0 aliphatic carbocycles. The van der Waals surface area contributed by atoms with E-state index in [0.29, 0.717) is 0 Å². The van der Waals surface area contributed by atoms with Crippen molar-refractivity contribution in [3.05, 3.63) is 16.7 Å². The Morgan fingerprint density at radius 2 is 2.07 bits per heavy atom. The fourth-order valence-corrected chi connectivity index (χ4v) is 7.20. The van der Waals surface area contributed by atoms with Crippen LogP contribution in [0.25, 0.3) is 11.2 Å². The minimum Gasteiger partial charge on any atom is -0.462 e. The molecule has 0 saturated carbocycles. The molecule has 3 rings (SSSR count). The highest BCUT2D eigenvalue weighted by atomic mass is 35.5. The van der Waals surface area contributed by atoms with Gasteiger partial charge in [0.15, 0.2) is 22.5 Å². The number of aromatic amines is 1. The van der Waals surface area contributed by atoms with Crippen LogP contribution >= 0.6 is 30.0 Å². The molecule has 14 nitrogen and oxygen atoms in total. The van der Waals surface area contributed by atoms with Crippen LogP contribution < -0.4 is 16.4 Å². The van der Waals surface area contributed by atoms with E-state index in [0.717, 1.165) is 22.7 Å². The molecule has 1 fully saturated rings. The quantitative estimate of drug-likeness (QED) is 0.111. The SMILES string of the molecule is CC(C)OC(=O)[C@@H](C)NP(=S)(OCCSC(=O)C(C)(C)C)OC[C@H]1O[C@@H](n2cnc3c(=O)[nH]c(N)nc32)[C@](F)(Cl)[C@@H]1O. The Labute approximate surface area is 255 Å². The second-order valence-corrected chi connectivity index (χ2v) is 15.6. The first kappa shape index (κ1) is 34.8. The number of nitrogen functional groups attached to an aromatic ring is 1. The normalized spacial score (nSPS) is 25.0. The molecule has 236 valence electrons. The van der Waals surface area contributed by atoms with Gasteiger partial charge in [-0.25, -0.2) is 14.5 Å². The van der Waals surface area contributed by atoms with Crippen LogP contribution in [0.4, 0.5) is 10.3 Å². The summed E-state index contributed by atoms with van der Waals surface area (Å²) in [5, 5.41) is 10.6. The predicted molar refractivity (Wildman–Crippen MR) is 159 cm³/mol. The van der Waals surface area contributed by atoms with Gasteiger partial charge in [-0.3, -0.25) is 23.9 Å². The number of carbonyl (C=O) groups excluding carboxylic acids is 2. The van der Waals surface area contributed by atoms with Crippen LogP contribution in [0.3, 0.4) is 0 Å². The maximum atomic E-state index is 15.7. The van der Waals surface area contributed by atoms with Crippen molar-refractivity contribution < 1.29 is 37.6 Å². The van der Waals surface area contributed by atoms with Gasteiger partial charge in [0.1, 0.15) is 18.2 Å². The van der Waals surface area contributed by atoms with Crippen LogP contribution in [0.2, 0.25) is 0 Å². The van der Waals surface area contributed by atoms with Crippen molar-refractivity contribution >= 4 is 70.0 Å². The number of ether oxygens (including phenoxy) is 2. The number of alkyl halides is 2. The Balaban J connectivity index is 1.77. The summed E-state index contributed by atoms with van der Waals surface area (Å²) in [5.74, 6) is -0.617. The van der Waals surface area contributed by atoms with Crippen molar-refractivity contribution in [3.63, 3.8) is 0 Å². The number of rotatable bonds is 12. The molecule has 1 aliphatic heterocycles. The van der Waals surface area contributed by atoms with E-state index in [-0.39, 0.29) is 40.7 Å². The van der Waals surface area contributed by atoms with Crippen molar-refractivity contribution in [1.29, 1.82) is 0 Å². The number of hydrogen-bond acceptors (Lipinski definition) is 13. The number of carbonyl (C=O) groups is 2. The molecule has 42 heavy (non-hydrogen) atoms. The fourth-order valence-electron chi connectivity index (χ4n) is 3.64. The van der Waals surface area contributed by atoms with Gasteiger partial charge < -0.3 is 29.4 Å². The molecule has 2 aromatic rings. The van der Waals surface area contributed by atoms with Gasteiger partial charge in [0, 0.05) is 11.2 Å². The summed E-state index contributed by atoms with van der Waals surface area (Å²) in [6.45, 7) is 6.19. The van der Waals surface area contributed by atoms with E-state index in [1.165, 1.54) is 6.92 Å². The van der Waals surface area contributed by atoms with E-state index in [1.54, 1.807) is 34.6 Å². The molecular weight excluding hydrogens is 638 g/mol. The average molecular weight is 673 g/mol. The largest absolute Gasteiger partial charge is 0.462 e. The Hall–Kier alpha value is -1.69. The van der Waals surface area contributed by atoms with E-state index in [2.05, 4.69) is 20.0 Å². The maximum absolute atomic E-state index is 15.7. The summed E-state index contributed by atoms with van der Waals surface area (Å²) < 4.78 is 39.3. The Morgan fingerprint density at radius 3 is 2.69 bits per heavy atom. The zero-order valence-corrected chi connectivity index (χ0v) is 27.1. The third kappa shape index (κ3) is 8.27. The number of thioether (sulfide) groups is 1. The number of fused-ring (bicyclic) bond motifs is 1. The molecule has 0 spiro atoms. The zero-order valence-electron chi connectivity index (χ0n) is 23.8. The molecule has 19 heteroatoms. The van der Waals surface area contributed by atoms with Crippen LogP contribution in [-0.2, 0) is 39.9 Å². The molecule has 0 radical (unpaired) electrons. The summed E-state index contributed by atoms with van der Waals surface area (Å²) in [6, 6.07) is -0.954. The highest BCUT2D eigenvalue weighted by Crippen LogP contribution is 2.49. The van der Waals surface area contributed by atoms with Crippen LogP contribution in [0.15, 0.2) is 11.1 Å². The molecule has 3 heterocycles. The lowest BCUT2D eigenvalue weighted by Gasteiger charge is -2.28. The first-order valence-electron chi connectivity index (χ1n) is 12.8. The molecule has 6 atom stereocenters. The molecule has 5 N–H and O–H groups in total. The monoisotopic (exact) mass is 672 g/mol. The topological polar surface area (TPSA) is 193 Å². The maximum Gasteiger partial charge on any atom is 0.323 e. The second kappa shape index (κ2) is 13.5. The van der Waals surface area contributed by atoms with E-state index >= 15 is 4.39 Å². The summed E-state index contributed by atoms with van der Waals surface area (Å²) in [7, 11) is 0. The van der Waals surface area contributed by atoms with Crippen LogP contribution in [0.5, 0.6) is 0 Å². The van der Waals surface area contributed by atoms with Gasteiger partial charge in [-0.05, 0) is 32.6 Å². The van der Waals surface area contributed by atoms with Gasteiger partial charge in [0.05, 0.1) is 25.6 Å². The number of aliphatic hydroxyl groups is 1. The van der Waals surface area contributed by atoms with Gasteiger partial charge in [0.25, 0.3) is 17.3 Å². The first-order chi connectivity index (χ1) is 19.4. The lowest BCUT2D eigenvalue weighted by Crippen LogP contribution is -2.39. The van der Waals surface area contributed by atoms with Crippen molar-refractivity contribution in [2.24, 2.45) is 5.41 Å². The van der Waals surface area contributed by atoms with Gasteiger partial charge in [-0.2, -0.15) is 4.98 Å². The third-order valence-corrected chi connectivity index (χ3v) is 10.1. The number of aromatic nitrogens is 4. The molecule has 0 aromatic carbocycles. The lowest BCUT2D eigenvalue weighted by molar-refractivity contribution is -0.149. The van der Waals surface area contributed by atoms with Crippen LogP contribution in [0.1, 0.15) is 47.8 Å². The number of anilines is 1. The predicted octanol–water partition coefficient (Wildman–Crippen LogP) is 2.36. The number of aliphatic hydroxyl groups excluding tert-OH is 1. The number of nitrogens with one attached hydrogen (secondary N) is 2. The molecule has 2 aromatic heterocycles. The molecular formula is C23H35ClFN6O8PS2. The minimum atomic E-state index is -3.52. The highest BCUT2D eigenvalue weighted by molar-refractivity contribution is 8.13. The van der Waals surface area contributed by atoms with Crippen LogP contribution in [0, 0.1) is 5.41 Å². The molecule has 0 bridgehead atoms. The number of hydrogen-bond donors (Lipinski definition) is 4. The summed E-state index contributed by atoms with van der Waals surface area (Å²) in [6.07, 6.45) is -4.31. The number of imidazole rings is 1. The van der Waals surface area contributed by atoms with E-state index in [9.17, 15) is 19.5 Å². The van der Waals surface area contributed by atoms with Gasteiger partial charge >= 0.3 is 5.97 Å². The first-order valence-corrected chi connectivity index (χ1v) is 16.8. The van der Waals surface area contributed by atoms with Gasteiger partial charge in [-0.15, -0.1) is 0 Å². The minimum absolute atomic E-state index is 0.0232. The zero-order chi connectivity index (χ0) is 31.6. The summed E-state index contributed by atoms with van der Waals surface area (Å²) in [4.78, 5) is 47.0. The van der Waals surface area contributed by atoms with Crippen molar-refractivity contribution in [2.45, 2.75) is 77.3 Å². The van der Waals surface area contributed by atoms with Gasteiger partial charge in [0.2, 0.25) is 5.95 Å². The lowest BCUT2D eigenvalue weighted by atomic mass is 10.00. The van der Waals surface area contributed by atoms with Crippen molar-refractivity contribution in [1.82, 2.24) is 24.6 Å². The average Bonchev–Trinajstić information content (AvgIpc) is 3.37. The third-order valence-electron chi connectivity index (χ3n) is 5.74. The summed E-state index contributed by atoms with van der Waals surface area (Å²) >= 11 is 12.8. The number of halogens is 2. The molecule has 1 unspecified atom stereocenters. The second-order valence-electron chi connectivity index (χ2n) is 10.8. The van der Waals surface area contributed by atoms with E-state index < -0.39 is 59.8 Å². The number of esters is 1. The standard InChI is InChI=1S/C23H35ClFN6O8PS2/c1-11(2)38-18(34)12(3)30-40(41,36-7-8-42-20(35)22(4,5)6)37-9-13-15(32)23(24,25)19(39-13)31-10-27-14-16(31)28-21(26)29-17(14)33/h10-13,15,19,32H,7-9H2,1-6H3,(H,30,41)(H3,26,28,29,33)/t12-,13-,15-,19-,23+,40?/m1/s1. The van der Waals surface area contributed by atoms with E-state index in [1.807, 2.05) is 0 Å². The van der Waals surface area contributed by atoms with Crippen molar-refractivity contribution in [2.75, 3.05) is 24.7 Å². The smallest absolute Gasteiger partial charge is 0.323 e. The summed E-state index contributed by atoms with van der Waals surface area (Å²) in [5.41, 5.74) is 4.13. The van der Waals surface area contributed by atoms with E-state index in [4.69, 9.17) is 47.7 Å². The van der Waals surface area contributed by atoms with Gasteiger partial charge in [-0.1, -0.05) is 44.1 Å². The highest BCUT2D eigenvalue weighted by Gasteiger charge is 2.58. The Bertz CT molecular complexity index is 1400. The molecule has 1 aliphatic rings. The number of nitrogens with two attached hydrogens (primary N) is 1.